The quantitative estimate of drug-likeness (QED) is 0.596. The van der Waals surface area contributed by atoms with Crippen LogP contribution in [0, 0.1) is 11.3 Å². The molecule has 2 heterocycles. The number of aromatic nitrogens is 3. The maximum Gasteiger partial charge on any atom is 0.317 e. The number of thioether (sulfide) groups is 1. The van der Waals surface area contributed by atoms with Gasteiger partial charge < -0.3 is 9.15 Å². The predicted octanol–water partition coefficient (Wildman–Crippen LogP) is 2.11. The van der Waals surface area contributed by atoms with Crippen LogP contribution in [0.25, 0.3) is 11.6 Å². The first-order valence-corrected chi connectivity index (χ1v) is 7.33. The maximum atomic E-state index is 11.6. The van der Waals surface area contributed by atoms with Crippen molar-refractivity contribution in [1.29, 1.82) is 5.26 Å². The summed E-state index contributed by atoms with van der Waals surface area (Å²) in [6, 6.07) is 5.42. The number of nitriles is 1. The van der Waals surface area contributed by atoms with E-state index in [1.165, 1.54) is 18.7 Å². The van der Waals surface area contributed by atoms with Gasteiger partial charge in [0, 0.05) is 6.54 Å². The molecule has 0 saturated carbocycles. The Balaban J connectivity index is 2.05. The molecule has 0 radical (unpaired) electrons. The maximum absolute atomic E-state index is 11.6. The monoisotopic (exact) mass is 306 g/mol. The van der Waals surface area contributed by atoms with E-state index in [1.807, 2.05) is 17.6 Å². The van der Waals surface area contributed by atoms with Gasteiger partial charge in [0.15, 0.2) is 22.8 Å². The van der Waals surface area contributed by atoms with E-state index in [1.54, 1.807) is 18.4 Å². The van der Waals surface area contributed by atoms with Gasteiger partial charge in [0.25, 0.3) is 0 Å². The second kappa shape index (κ2) is 6.95. The average molecular weight is 306 g/mol. The van der Waals surface area contributed by atoms with Crippen LogP contribution in [-0.2, 0) is 16.1 Å². The molecule has 1 atom stereocenters. The highest BCUT2D eigenvalue weighted by Gasteiger charge is 2.17. The Morgan fingerprint density at radius 2 is 2.43 bits per heavy atom. The highest BCUT2D eigenvalue weighted by atomic mass is 32.2. The fraction of sp³-hybridized carbons (Fsp3) is 0.385. The third kappa shape index (κ3) is 3.64. The van der Waals surface area contributed by atoms with E-state index in [9.17, 15) is 4.79 Å². The zero-order chi connectivity index (χ0) is 15.2. The molecular weight excluding hydrogens is 292 g/mol. The number of esters is 1. The molecule has 21 heavy (non-hydrogen) atoms. The van der Waals surface area contributed by atoms with Crippen molar-refractivity contribution < 1.29 is 13.9 Å². The van der Waals surface area contributed by atoms with Crippen molar-refractivity contribution in [3.8, 4) is 17.7 Å². The van der Waals surface area contributed by atoms with Crippen molar-refractivity contribution in [3.63, 3.8) is 0 Å². The Bertz CT molecular complexity index is 645. The number of nitrogens with zero attached hydrogens (tertiary/aromatic N) is 4. The van der Waals surface area contributed by atoms with E-state index >= 15 is 0 Å². The van der Waals surface area contributed by atoms with Gasteiger partial charge in [0.1, 0.15) is 6.07 Å². The van der Waals surface area contributed by atoms with Crippen LogP contribution < -0.4 is 0 Å². The third-order valence-electron chi connectivity index (χ3n) is 2.58. The Hall–Kier alpha value is -2.27. The van der Waals surface area contributed by atoms with Crippen molar-refractivity contribution in [2.45, 2.75) is 31.7 Å². The third-order valence-corrected chi connectivity index (χ3v) is 3.52. The van der Waals surface area contributed by atoms with Crippen LogP contribution in [0.3, 0.4) is 0 Å². The van der Waals surface area contributed by atoms with Gasteiger partial charge in [0.2, 0.25) is 0 Å². The lowest BCUT2D eigenvalue weighted by atomic mass is 10.4. The van der Waals surface area contributed by atoms with Crippen LogP contribution in [0.4, 0.5) is 0 Å². The van der Waals surface area contributed by atoms with Gasteiger partial charge in [-0.1, -0.05) is 11.8 Å². The summed E-state index contributed by atoms with van der Waals surface area (Å²) in [4.78, 5) is 11.6. The summed E-state index contributed by atoms with van der Waals surface area (Å²) in [5.74, 6) is 0.849. The minimum Gasteiger partial charge on any atom is -0.461 e. The molecule has 0 saturated heterocycles. The molecule has 0 aliphatic carbocycles. The number of hydrogen-bond acceptors (Lipinski definition) is 7. The Kier molecular flexibility index (Phi) is 5.00. The van der Waals surface area contributed by atoms with Crippen molar-refractivity contribution in [2.24, 2.45) is 0 Å². The van der Waals surface area contributed by atoms with Crippen LogP contribution in [0.2, 0.25) is 0 Å². The molecule has 0 spiro atoms. The lowest BCUT2D eigenvalue weighted by Gasteiger charge is -2.07. The van der Waals surface area contributed by atoms with Gasteiger partial charge in [-0.3, -0.25) is 9.36 Å². The molecule has 0 unspecified atom stereocenters. The van der Waals surface area contributed by atoms with E-state index in [2.05, 4.69) is 10.2 Å². The SMILES string of the molecule is CCn1c(SCC(=O)O[C@H](C)C#N)nnc1-c1ccco1. The molecule has 0 aliphatic rings. The van der Waals surface area contributed by atoms with Gasteiger partial charge in [0.05, 0.1) is 12.0 Å². The van der Waals surface area contributed by atoms with E-state index in [4.69, 9.17) is 14.4 Å². The van der Waals surface area contributed by atoms with Gasteiger partial charge >= 0.3 is 5.97 Å². The molecule has 8 heteroatoms. The smallest absolute Gasteiger partial charge is 0.317 e. The summed E-state index contributed by atoms with van der Waals surface area (Å²) in [5.41, 5.74) is 0. The van der Waals surface area contributed by atoms with Gasteiger partial charge in [-0.05, 0) is 26.0 Å². The summed E-state index contributed by atoms with van der Waals surface area (Å²) in [6.07, 6.45) is 0.818. The van der Waals surface area contributed by atoms with Crippen molar-refractivity contribution >= 4 is 17.7 Å². The molecule has 0 N–H and O–H groups in total. The van der Waals surface area contributed by atoms with Crippen molar-refractivity contribution in [2.75, 3.05) is 5.75 Å². The number of furan rings is 1. The number of carbonyl (C=O) groups excluding carboxylic acids is 1. The lowest BCUT2D eigenvalue weighted by Crippen LogP contribution is -2.15. The van der Waals surface area contributed by atoms with Crippen LogP contribution in [0.5, 0.6) is 0 Å². The van der Waals surface area contributed by atoms with E-state index in [0.717, 1.165) is 0 Å². The van der Waals surface area contributed by atoms with E-state index in [0.29, 0.717) is 23.3 Å². The van der Waals surface area contributed by atoms with Crippen LogP contribution in [0.1, 0.15) is 13.8 Å². The summed E-state index contributed by atoms with van der Waals surface area (Å²) >= 11 is 1.21. The minimum atomic E-state index is -0.749. The molecule has 0 aromatic carbocycles. The number of carbonyl (C=O) groups is 1. The summed E-state index contributed by atoms with van der Waals surface area (Å²) in [7, 11) is 0. The first-order valence-electron chi connectivity index (χ1n) is 6.34. The highest BCUT2D eigenvalue weighted by Crippen LogP contribution is 2.24. The lowest BCUT2D eigenvalue weighted by molar-refractivity contribution is -0.142. The molecular formula is C13H14N4O3S. The molecule has 2 rings (SSSR count). The second-order valence-corrected chi connectivity index (χ2v) is 5.02. The fourth-order valence-corrected chi connectivity index (χ4v) is 2.43. The first kappa shape index (κ1) is 15.1. The average Bonchev–Trinajstić information content (AvgIpc) is 3.13. The van der Waals surface area contributed by atoms with Gasteiger partial charge in [-0.15, -0.1) is 10.2 Å². The molecule has 110 valence electrons. The standard InChI is InChI=1S/C13H14N4O3S/c1-3-17-12(10-5-4-6-19-10)15-16-13(17)21-8-11(18)20-9(2)7-14/h4-6,9H,3,8H2,1-2H3/t9-/m1/s1. The first-order chi connectivity index (χ1) is 10.2. The molecule has 0 bridgehead atoms. The molecule has 0 aliphatic heterocycles. The molecule has 2 aromatic rings. The van der Waals surface area contributed by atoms with Crippen LogP contribution in [-0.4, -0.2) is 32.6 Å². The molecule has 7 nitrogen and oxygen atoms in total. The van der Waals surface area contributed by atoms with Gasteiger partial charge in [-0.2, -0.15) is 5.26 Å². The normalized spacial score (nSPS) is 11.9. The van der Waals surface area contributed by atoms with Crippen molar-refractivity contribution in [3.05, 3.63) is 18.4 Å². The molecule has 2 aromatic heterocycles. The van der Waals surface area contributed by atoms with E-state index < -0.39 is 12.1 Å². The predicted molar refractivity (Wildman–Crippen MR) is 75.3 cm³/mol. The topological polar surface area (TPSA) is 93.9 Å². The zero-order valence-corrected chi connectivity index (χ0v) is 12.5. The summed E-state index contributed by atoms with van der Waals surface area (Å²) in [5, 5.41) is 17.3. The summed E-state index contributed by atoms with van der Waals surface area (Å²) in [6.45, 7) is 4.12. The summed E-state index contributed by atoms with van der Waals surface area (Å²) < 4.78 is 12.0. The Morgan fingerprint density at radius 1 is 1.62 bits per heavy atom. The molecule has 0 fully saturated rings. The number of rotatable bonds is 6. The van der Waals surface area contributed by atoms with Crippen LogP contribution >= 0.6 is 11.8 Å². The molecule has 0 amide bonds. The zero-order valence-electron chi connectivity index (χ0n) is 11.6. The number of hydrogen-bond donors (Lipinski definition) is 0. The Morgan fingerprint density at radius 3 is 3.05 bits per heavy atom. The largest absolute Gasteiger partial charge is 0.461 e. The number of ether oxygens (including phenoxy) is 1. The van der Waals surface area contributed by atoms with E-state index in [-0.39, 0.29) is 5.75 Å². The van der Waals surface area contributed by atoms with Crippen LogP contribution in [0.15, 0.2) is 28.0 Å². The Labute approximate surface area is 125 Å². The highest BCUT2D eigenvalue weighted by molar-refractivity contribution is 7.99. The second-order valence-electron chi connectivity index (χ2n) is 4.08. The van der Waals surface area contributed by atoms with Crippen molar-refractivity contribution in [1.82, 2.24) is 14.8 Å². The fourth-order valence-electron chi connectivity index (χ4n) is 1.65. The van der Waals surface area contributed by atoms with Gasteiger partial charge in [-0.25, -0.2) is 0 Å². The minimum absolute atomic E-state index is 0.0717.